The molecule has 0 spiro atoms. The number of aliphatic hydroxyl groups is 3. The lowest BCUT2D eigenvalue weighted by Crippen LogP contribution is -2.25. The number of unbranched alkanes of at least 4 members (excludes halogenated alkanes) is 5. The topological polar surface area (TPSA) is 77.8 Å². The van der Waals surface area contributed by atoms with E-state index in [0.29, 0.717) is 12.8 Å². The monoisotopic (exact) mass is 364 g/mol. The van der Waals surface area contributed by atoms with Crippen LogP contribution in [0.4, 0.5) is 0 Å². The third-order valence-corrected chi connectivity index (χ3v) is 5.43. The summed E-state index contributed by atoms with van der Waals surface area (Å²) in [4.78, 5) is 12.2. The first-order chi connectivity index (χ1) is 12.5. The number of terminal acetylenes is 1. The predicted molar refractivity (Wildman–Crippen MR) is 104 cm³/mol. The summed E-state index contributed by atoms with van der Waals surface area (Å²) in [5, 5.41) is 29.4. The minimum atomic E-state index is -1.14. The molecule has 0 aromatic heterocycles. The van der Waals surface area contributed by atoms with Crippen molar-refractivity contribution in [3.8, 4) is 12.3 Å². The Bertz CT molecular complexity index is 479. The molecule has 0 aliphatic heterocycles. The van der Waals surface area contributed by atoms with Crippen LogP contribution in [0.3, 0.4) is 0 Å². The van der Waals surface area contributed by atoms with Gasteiger partial charge in [0.25, 0.3) is 0 Å². The molecule has 1 aliphatic carbocycles. The summed E-state index contributed by atoms with van der Waals surface area (Å²) in [5.74, 6) is 2.32. The fourth-order valence-electron chi connectivity index (χ4n) is 3.72. The zero-order chi connectivity index (χ0) is 19.4. The maximum Gasteiger partial charge on any atom is 0.139 e. The van der Waals surface area contributed by atoms with Gasteiger partial charge in [0.1, 0.15) is 11.4 Å². The largest absolute Gasteiger partial charge is 0.396 e. The van der Waals surface area contributed by atoms with Crippen LogP contribution in [0.1, 0.15) is 77.6 Å². The van der Waals surface area contributed by atoms with Gasteiger partial charge < -0.3 is 15.3 Å². The highest BCUT2D eigenvalue weighted by atomic mass is 16.3. The molecule has 0 heterocycles. The van der Waals surface area contributed by atoms with E-state index in [9.17, 15) is 15.0 Å². The van der Waals surface area contributed by atoms with Crippen LogP contribution in [0.5, 0.6) is 0 Å². The van der Waals surface area contributed by atoms with Gasteiger partial charge in [0, 0.05) is 31.3 Å². The van der Waals surface area contributed by atoms with Gasteiger partial charge in [0.2, 0.25) is 0 Å². The van der Waals surface area contributed by atoms with E-state index in [4.69, 9.17) is 11.5 Å². The van der Waals surface area contributed by atoms with E-state index in [1.165, 1.54) is 0 Å². The molecule has 0 saturated heterocycles. The lowest BCUT2D eigenvalue weighted by atomic mass is 9.87. The van der Waals surface area contributed by atoms with Gasteiger partial charge in [-0.3, -0.25) is 4.79 Å². The summed E-state index contributed by atoms with van der Waals surface area (Å²) < 4.78 is 0. The van der Waals surface area contributed by atoms with Crippen LogP contribution in [0.15, 0.2) is 12.2 Å². The Morgan fingerprint density at radius 1 is 1.23 bits per heavy atom. The van der Waals surface area contributed by atoms with Crippen LogP contribution in [0, 0.1) is 24.2 Å². The number of aliphatic hydroxyl groups excluding tert-OH is 2. The van der Waals surface area contributed by atoms with Crippen molar-refractivity contribution in [1.82, 2.24) is 0 Å². The van der Waals surface area contributed by atoms with Gasteiger partial charge in [-0.15, -0.1) is 6.42 Å². The summed E-state index contributed by atoms with van der Waals surface area (Å²) >= 11 is 0. The second-order valence-electron chi connectivity index (χ2n) is 7.61. The van der Waals surface area contributed by atoms with Crippen LogP contribution in [0.25, 0.3) is 0 Å². The van der Waals surface area contributed by atoms with Gasteiger partial charge >= 0.3 is 0 Å². The molecule has 0 aromatic rings. The molecule has 0 amide bonds. The molecule has 1 fully saturated rings. The summed E-state index contributed by atoms with van der Waals surface area (Å²) in [5.41, 5.74) is -1.14. The molecule has 148 valence electrons. The number of Topliss-reactive ketones (excluding diaryl/α,β-unsaturated/α-hetero) is 1. The van der Waals surface area contributed by atoms with Gasteiger partial charge in [0.05, 0.1) is 6.10 Å². The molecule has 4 nitrogen and oxygen atoms in total. The molecule has 1 saturated carbocycles. The van der Waals surface area contributed by atoms with Crippen LogP contribution in [-0.2, 0) is 4.79 Å². The summed E-state index contributed by atoms with van der Waals surface area (Å²) in [7, 11) is 0. The van der Waals surface area contributed by atoms with Crippen LogP contribution in [0.2, 0.25) is 0 Å². The first-order valence-electron chi connectivity index (χ1n) is 10.2. The summed E-state index contributed by atoms with van der Waals surface area (Å²) in [6.07, 6.45) is 17.3. The summed E-state index contributed by atoms with van der Waals surface area (Å²) in [6.45, 7) is 2.30. The highest BCUT2D eigenvalue weighted by Gasteiger charge is 2.39. The second kappa shape index (κ2) is 12.3. The van der Waals surface area contributed by atoms with Crippen LogP contribution in [-0.4, -0.2) is 39.4 Å². The normalized spacial score (nSPS) is 25.5. The molecule has 3 N–H and O–H groups in total. The van der Waals surface area contributed by atoms with E-state index in [1.807, 2.05) is 12.2 Å². The maximum atomic E-state index is 12.2. The molecule has 4 atom stereocenters. The minimum absolute atomic E-state index is 0.131. The fourth-order valence-corrected chi connectivity index (χ4v) is 3.72. The van der Waals surface area contributed by atoms with Gasteiger partial charge in [-0.25, -0.2) is 0 Å². The number of carbonyl (C=O) groups is 1. The second-order valence-corrected chi connectivity index (χ2v) is 7.61. The molecular weight excluding hydrogens is 328 g/mol. The first-order valence-corrected chi connectivity index (χ1v) is 10.2. The molecule has 1 rings (SSSR count). The highest BCUT2D eigenvalue weighted by molar-refractivity contribution is 5.84. The summed E-state index contributed by atoms with van der Waals surface area (Å²) in [6, 6.07) is 0. The fraction of sp³-hybridized carbons (Fsp3) is 0.773. The third kappa shape index (κ3) is 7.61. The number of rotatable bonds is 13. The molecule has 1 aliphatic rings. The van der Waals surface area contributed by atoms with E-state index in [1.54, 1.807) is 0 Å². The number of hydrogen-bond donors (Lipinski definition) is 3. The predicted octanol–water partition coefficient (Wildman–Crippen LogP) is 3.39. The van der Waals surface area contributed by atoms with Crippen molar-refractivity contribution in [2.24, 2.45) is 11.8 Å². The Morgan fingerprint density at radius 3 is 2.58 bits per heavy atom. The van der Waals surface area contributed by atoms with Crippen molar-refractivity contribution in [1.29, 1.82) is 0 Å². The number of hydrogen-bond acceptors (Lipinski definition) is 4. The van der Waals surface area contributed by atoms with E-state index >= 15 is 0 Å². The van der Waals surface area contributed by atoms with Crippen molar-refractivity contribution in [3.63, 3.8) is 0 Å². The van der Waals surface area contributed by atoms with Gasteiger partial charge in [-0.2, -0.15) is 0 Å². The van der Waals surface area contributed by atoms with Crippen LogP contribution >= 0.6 is 0 Å². The molecule has 26 heavy (non-hydrogen) atoms. The average Bonchev–Trinajstić information content (AvgIpc) is 2.89. The van der Waals surface area contributed by atoms with Gasteiger partial charge in [0.15, 0.2) is 0 Å². The molecule has 0 radical (unpaired) electrons. The van der Waals surface area contributed by atoms with Crippen molar-refractivity contribution in [2.45, 2.75) is 89.3 Å². The zero-order valence-electron chi connectivity index (χ0n) is 16.2. The number of ketones is 1. The highest BCUT2D eigenvalue weighted by Crippen LogP contribution is 2.34. The van der Waals surface area contributed by atoms with Gasteiger partial charge in [-0.1, -0.05) is 57.1 Å². The Balaban J connectivity index is 2.53. The molecule has 1 unspecified atom stereocenters. The Hall–Kier alpha value is -1.15. The average molecular weight is 365 g/mol. The Morgan fingerprint density at radius 2 is 1.92 bits per heavy atom. The molecule has 0 bridgehead atoms. The standard InChI is InChI=1S/C22H36O4/c1-3-5-14-22(26,4-2)15-11-13-19-18(20(24)17-21(19)25)12-9-7-6-8-10-16-23/h2,11,13,18-19,21,23,25-26H,3,5-10,12,14-17H2,1H3/t18-,19-,21-,22?/m1/s1. The minimum Gasteiger partial charge on any atom is -0.396 e. The lowest BCUT2D eigenvalue weighted by Gasteiger charge is -2.21. The SMILES string of the molecule is C#CC(O)(CC=C[C@H]1[C@H](O)CC(=O)[C@@H]1CCCCCCCO)CCCC. The van der Waals surface area contributed by atoms with Gasteiger partial charge in [-0.05, 0) is 25.7 Å². The number of carbonyl (C=O) groups excluding carboxylic acids is 1. The van der Waals surface area contributed by atoms with Crippen molar-refractivity contribution in [2.75, 3.05) is 6.61 Å². The first kappa shape index (κ1) is 22.9. The van der Waals surface area contributed by atoms with Crippen LogP contribution < -0.4 is 0 Å². The Labute approximate surface area is 158 Å². The Kier molecular flexibility index (Phi) is 10.8. The van der Waals surface area contributed by atoms with E-state index in [2.05, 4.69) is 12.8 Å². The van der Waals surface area contributed by atoms with E-state index in [-0.39, 0.29) is 30.6 Å². The van der Waals surface area contributed by atoms with Crippen molar-refractivity contribution >= 4 is 5.78 Å². The molecular formula is C22H36O4. The van der Waals surface area contributed by atoms with Crippen molar-refractivity contribution < 1.29 is 20.1 Å². The molecule has 4 heteroatoms. The van der Waals surface area contributed by atoms with E-state index < -0.39 is 11.7 Å². The third-order valence-electron chi connectivity index (χ3n) is 5.43. The lowest BCUT2D eigenvalue weighted by molar-refractivity contribution is -0.121. The van der Waals surface area contributed by atoms with E-state index in [0.717, 1.165) is 51.4 Å². The maximum absolute atomic E-state index is 12.2. The molecule has 0 aromatic carbocycles. The zero-order valence-corrected chi connectivity index (χ0v) is 16.2. The van der Waals surface area contributed by atoms with Crippen molar-refractivity contribution in [3.05, 3.63) is 12.2 Å². The smallest absolute Gasteiger partial charge is 0.139 e. The quantitative estimate of drug-likeness (QED) is 0.266.